The van der Waals surface area contributed by atoms with Gasteiger partial charge in [0.2, 0.25) is 0 Å². The van der Waals surface area contributed by atoms with E-state index in [-0.39, 0.29) is 12.2 Å². The highest BCUT2D eigenvalue weighted by Gasteiger charge is 2.33. The quantitative estimate of drug-likeness (QED) is 0.398. The molecule has 0 saturated heterocycles. The molecule has 1 aromatic rings. The van der Waals surface area contributed by atoms with Crippen LogP contribution in [0.5, 0.6) is 0 Å². The molecule has 0 saturated carbocycles. The van der Waals surface area contributed by atoms with Crippen LogP contribution in [0.1, 0.15) is 18.1 Å². The van der Waals surface area contributed by atoms with Crippen molar-refractivity contribution in [3.05, 3.63) is 35.4 Å². The lowest BCUT2D eigenvalue weighted by Gasteiger charge is -2.12. The van der Waals surface area contributed by atoms with Crippen molar-refractivity contribution >= 4 is 11.7 Å². The lowest BCUT2D eigenvalue weighted by Crippen LogP contribution is -2.21. The van der Waals surface area contributed by atoms with Crippen molar-refractivity contribution in [2.24, 2.45) is 5.16 Å². The van der Waals surface area contributed by atoms with Gasteiger partial charge in [0.1, 0.15) is 0 Å². The SMILES string of the molecule is CCOC(=O)/C(Cc1ccccc1C(F)(F)F)=N\O. The first kappa shape index (κ1) is 15.0. The van der Waals surface area contributed by atoms with Gasteiger partial charge in [0.05, 0.1) is 12.2 Å². The number of nitrogens with zero attached hydrogens (tertiary/aromatic N) is 1. The van der Waals surface area contributed by atoms with E-state index in [4.69, 9.17) is 5.21 Å². The monoisotopic (exact) mass is 275 g/mol. The normalized spacial score (nSPS) is 12.3. The Labute approximate surface area is 107 Å². The topological polar surface area (TPSA) is 58.9 Å². The lowest BCUT2D eigenvalue weighted by atomic mass is 10.0. The molecule has 0 bridgehead atoms. The summed E-state index contributed by atoms with van der Waals surface area (Å²) in [6.07, 6.45) is -4.99. The zero-order valence-corrected chi connectivity index (χ0v) is 10.1. The molecule has 104 valence electrons. The molecule has 19 heavy (non-hydrogen) atoms. The molecule has 0 aromatic heterocycles. The van der Waals surface area contributed by atoms with E-state index in [1.165, 1.54) is 25.1 Å². The Balaban J connectivity index is 3.02. The summed E-state index contributed by atoms with van der Waals surface area (Å²) >= 11 is 0. The second-order valence-electron chi connectivity index (χ2n) is 3.60. The van der Waals surface area contributed by atoms with E-state index in [0.29, 0.717) is 0 Å². The molecule has 0 aliphatic carbocycles. The fourth-order valence-corrected chi connectivity index (χ4v) is 1.49. The largest absolute Gasteiger partial charge is 0.461 e. The standard InChI is InChI=1S/C12H12F3NO3/c1-2-19-11(17)10(16-18)7-8-5-3-4-6-9(8)12(13,14)15/h3-6,18H,2,7H2,1H3/b16-10-. The number of hydrogen-bond donors (Lipinski definition) is 1. The van der Waals surface area contributed by atoms with E-state index < -0.39 is 29.8 Å². The Kier molecular flexibility index (Phi) is 4.91. The third kappa shape index (κ3) is 3.97. The minimum absolute atomic E-state index is 0.0404. The van der Waals surface area contributed by atoms with E-state index in [0.717, 1.165) is 6.07 Å². The summed E-state index contributed by atoms with van der Waals surface area (Å²) < 4.78 is 42.8. The first-order chi connectivity index (χ1) is 8.90. The maximum absolute atomic E-state index is 12.7. The van der Waals surface area contributed by atoms with Gasteiger partial charge >= 0.3 is 12.1 Å². The predicted octanol–water partition coefficient (Wildman–Crippen LogP) is 2.64. The van der Waals surface area contributed by atoms with E-state index in [9.17, 15) is 18.0 Å². The Hall–Kier alpha value is -2.05. The van der Waals surface area contributed by atoms with Crippen LogP contribution >= 0.6 is 0 Å². The van der Waals surface area contributed by atoms with Crippen LogP contribution in [0.4, 0.5) is 13.2 Å². The van der Waals surface area contributed by atoms with E-state index >= 15 is 0 Å². The molecular weight excluding hydrogens is 263 g/mol. The second-order valence-corrected chi connectivity index (χ2v) is 3.60. The van der Waals surface area contributed by atoms with Crippen LogP contribution in [-0.4, -0.2) is 23.5 Å². The molecule has 0 atom stereocenters. The summed E-state index contributed by atoms with van der Waals surface area (Å²) in [5.74, 6) is -0.943. The molecule has 0 aliphatic heterocycles. The number of benzene rings is 1. The first-order valence-corrected chi connectivity index (χ1v) is 5.43. The molecule has 0 aliphatic rings. The number of hydrogen-bond acceptors (Lipinski definition) is 4. The summed E-state index contributed by atoms with van der Waals surface area (Å²) in [6.45, 7) is 1.58. The Bertz CT molecular complexity index is 483. The molecule has 0 amide bonds. The summed E-state index contributed by atoms with van der Waals surface area (Å²) in [5.41, 5.74) is -1.50. The molecule has 0 spiro atoms. The molecule has 4 nitrogen and oxygen atoms in total. The molecule has 7 heteroatoms. The van der Waals surface area contributed by atoms with Gasteiger partial charge in [-0.15, -0.1) is 0 Å². The van der Waals surface area contributed by atoms with Crippen molar-refractivity contribution < 1.29 is 27.9 Å². The van der Waals surface area contributed by atoms with Gasteiger partial charge in [-0.25, -0.2) is 4.79 Å². The van der Waals surface area contributed by atoms with Gasteiger partial charge < -0.3 is 9.94 Å². The van der Waals surface area contributed by atoms with Gasteiger partial charge in [-0.2, -0.15) is 13.2 Å². The van der Waals surface area contributed by atoms with E-state index in [1.54, 1.807) is 0 Å². The van der Waals surface area contributed by atoms with Crippen LogP contribution in [0.25, 0.3) is 0 Å². The summed E-state index contributed by atoms with van der Waals surface area (Å²) in [6, 6.07) is 4.76. The van der Waals surface area contributed by atoms with Crippen molar-refractivity contribution in [1.29, 1.82) is 0 Å². The average Bonchev–Trinajstić information content (AvgIpc) is 2.35. The predicted molar refractivity (Wildman–Crippen MR) is 61.0 cm³/mol. The highest BCUT2D eigenvalue weighted by molar-refractivity contribution is 6.36. The van der Waals surface area contributed by atoms with Crippen molar-refractivity contribution in [1.82, 2.24) is 0 Å². The Morgan fingerprint density at radius 2 is 2.00 bits per heavy atom. The molecular formula is C12H12F3NO3. The van der Waals surface area contributed by atoms with Gasteiger partial charge in [-0.1, -0.05) is 23.4 Å². The van der Waals surface area contributed by atoms with Crippen LogP contribution < -0.4 is 0 Å². The highest BCUT2D eigenvalue weighted by atomic mass is 19.4. The summed E-state index contributed by atoms with van der Waals surface area (Å²) in [7, 11) is 0. The maximum Gasteiger partial charge on any atom is 0.416 e. The number of carbonyl (C=O) groups excluding carboxylic acids is 1. The number of ether oxygens (including phenoxy) is 1. The zero-order valence-electron chi connectivity index (χ0n) is 10.1. The number of esters is 1. The minimum atomic E-state index is -4.54. The minimum Gasteiger partial charge on any atom is -0.461 e. The fourth-order valence-electron chi connectivity index (χ4n) is 1.49. The van der Waals surface area contributed by atoms with Crippen molar-refractivity contribution in [3.8, 4) is 0 Å². The van der Waals surface area contributed by atoms with Crippen LogP contribution in [0, 0.1) is 0 Å². The van der Waals surface area contributed by atoms with Crippen LogP contribution in [0.2, 0.25) is 0 Å². The summed E-state index contributed by atoms with van der Waals surface area (Å²) in [5, 5.41) is 11.4. The van der Waals surface area contributed by atoms with E-state index in [1.807, 2.05) is 0 Å². The Morgan fingerprint density at radius 3 is 2.53 bits per heavy atom. The molecule has 1 aromatic carbocycles. The third-order valence-electron chi connectivity index (χ3n) is 2.31. The smallest absolute Gasteiger partial charge is 0.416 e. The van der Waals surface area contributed by atoms with Gasteiger partial charge in [-0.05, 0) is 18.6 Å². The number of alkyl halides is 3. The number of rotatable bonds is 4. The number of carbonyl (C=O) groups is 1. The number of oxime groups is 1. The number of halogens is 3. The van der Waals surface area contributed by atoms with Crippen LogP contribution in [0.15, 0.2) is 29.4 Å². The third-order valence-corrected chi connectivity index (χ3v) is 2.31. The molecule has 0 fully saturated rings. The molecule has 1 N–H and O–H groups in total. The van der Waals surface area contributed by atoms with Gasteiger partial charge in [0.15, 0.2) is 5.71 Å². The van der Waals surface area contributed by atoms with E-state index in [2.05, 4.69) is 9.89 Å². The van der Waals surface area contributed by atoms with Crippen LogP contribution in [0.3, 0.4) is 0 Å². The Morgan fingerprint density at radius 1 is 1.37 bits per heavy atom. The maximum atomic E-state index is 12.7. The average molecular weight is 275 g/mol. The summed E-state index contributed by atoms with van der Waals surface area (Å²) in [4.78, 5) is 11.3. The second kappa shape index (κ2) is 6.21. The highest BCUT2D eigenvalue weighted by Crippen LogP contribution is 2.32. The molecule has 0 unspecified atom stereocenters. The van der Waals surface area contributed by atoms with Gasteiger partial charge in [0.25, 0.3) is 0 Å². The molecule has 0 heterocycles. The van der Waals surface area contributed by atoms with Crippen molar-refractivity contribution in [2.75, 3.05) is 6.61 Å². The van der Waals surface area contributed by atoms with Crippen molar-refractivity contribution in [3.63, 3.8) is 0 Å². The van der Waals surface area contributed by atoms with Gasteiger partial charge in [0, 0.05) is 6.42 Å². The fraction of sp³-hybridized carbons (Fsp3) is 0.333. The zero-order chi connectivity index (χ0) is 14.5. The first-order valence-electron chi connectivity index (χ1n) is 5.43. The molecule has 0 radical (unpaired) electrons. The van der Waals surface area contributed by atoms with Gasteiger partial charge in [-0.3, -0.25) is 0 Å². The lowest BCUT2D eigenvalue weighted by molar-refractivity contribution is -0.138. The van der Waals surface area contributed by atoms with Crippen molar-refractivity contribution in [2.45, 2.75) is 19.5 Å². The van der Waals surface area contributed by atoms with Crippen LogP contribution in [-0.2, 0) is 22.1 Å². The molecule has 1 rings (SSSR count).